The monoisotopic (exact) mass is 975 g/mol. The van der Waals surface area contributed by atoms with Gasteiger partial charge in [-0.25, -0.2) is 0 Å². The Kier molecular flexibility index (Phi) is 21.0. The molecule has 3 fully saturated rings. The van der Waals surface area contributed by atoms with Crippen molar-refractivity contribution >= 4 is 59.1 Å². The summed E-state index contributed by atoms with van der Waals surface area (Å²) in [4.78, 5) is 148. The minimum atomic E-state index is -1.53. The van der Waals surface area contributed by atoms with Crippen molar-refractivity contribution in [2.75, 3.05) is 41.3 Å². The number of hydrogen-bond acceptors (Lipinski definition) is 11. The van der Waals surface area contributed by atoms with E-state index in [9.17, 15) is 53.1 Å². The van der Waals surface area contributed by atoms with Crippen LogP contribution in [0.15, 0.2) is 0 Å². The summed E-state index contributed by atoms with van der Waals surface area (Å²) in [7, 11) is 5.63. The number of amides is 10. The molecule has 69 heavy (non-hydrogen) atoms. The van der Waals surface area contributed by atoms with Gasteiger partial charge in [-0.15, -0.1) is 0 Å². The van der Waals surface area contributed by atoms with Crippen LogP contribution < -0.4 is 21.3 Å². The molecule has 10 amide bonds. The normalized spacial score (nSPS) is 30.5. The van der Waals surface area contributed by atoms with E-state index in [-0.39, 0.29) is 56.5 Å². The Labute approximate surface area is 408 Å². The molecule has 3 aliphatic rings. The van der Waals surface area contributed by atoms with Crippen LogP contribution in [0.2, 0.25) is 0 Å². The summed E-state index contributed by atoms with van der Waals surface area (Å²) in [6, 6.07) is -11.5. The van der Waals surface area contributed by atoms with Gasteiger partial charge in [0.1, 0.15) is 60.4 Å². The second-order valence-corrected chi connectivity index (χ2v) is 20.7. The van der Waals surface area contributed by atoms with E-state index in [0.29, 0.717) is 19.3 Å². The van der Waals surface area contributed by atoms with Crippen LogP contribution in [0.25, 0.3) is 0 Å². The zero-order valence-electron chi connectivity index (χ0n) is 43.7. The van der Waals surface area contributed by atoms with Crippen molar-refractivity contribution in [2.45, 2.75) is 188 Å². The van der Waals surface area contributed by atoms with Crippen molar-refractivity contribution in [3.8, 4) is 0 Å². The molecule has 21 nitrogen and oxygen atoms in total. The summed E-state index contributed by atoms with van der Waals surface area (Å²) in [6.07, 6.45) is 0.529. The molecule has 0 aliphatic carbocycles. The van der Waals surface area contributed by atoms with Crippen molar-refractivity contribution in [3.63, 3.8) is 0 Å². The first kappa shape index (κ1) is 58.0. The minimum absolute atomic E-state index is 0.0752. The Morgan fingerprint density at radius 3 is 1.01 bits per heavy atom. The van der Waals surface area contributed by atoms with Gasteiger partial charge in [0.25, 0.3) is 0 Å². The minimum Gasteiger partial charge on any atom is -0.391 e. The van der Waals surface area contributed by atoms with Gasteiger partial charge in [0, 0.05) is 41.3 Å². The van der Waals surface area contributed by atoms with Crippen molar-refractivity contribution in [2.24, 2.45) is 17.8 Å². The topological polar surface area (TPSA) is 258 Å². The maximum Gasteiger partial charge on any atom is 0.248 e. The van der Waals surface area contributed by atoms with Crippen LogP contribution in [-0.2, 0) is 47.9 Å². The van der Waals surface area contributed by atoms with E-state index < -0.39 is 126 Å². The number of likely N-dealkylation sites (N-methyl/N-ethyl adjacent to an activating group) is 4. The molecule has 5 N–H and O–H groups in total. The smallest absolute Gasteiger partial charge is 0.248 e. The van der Waals surface area contributed by atoms with Gasteiger partial charge >= 0.3 is 0 Å². The van der Waals surface area contributed by atoms with Gasteiger partial charge in [0.2, 0.25) is 59.1 Å². The molecule has 0 bridgehead atoms. The van der Waals surface area contributed by atoms with Gasteiger partial charge in [-0.05, 0) is 97.3 Å². The third-order valence-electron chi connectivity index (χ3n) is 13.9. The van der Waals surface area contributed by atoms with Crippen LogP contribution in [0.4, 0.5) is 0 Å². The predicted molar refractivity (Wildman–Crippen MR) is 256 cm³/mol. The zero-order valence-corrected chi connectivity index (χ0v) is 43.7. The van der Waals surface area contributed by atoms with E-state index >= 15 is 0 Å². The lowest BCUT2D eigenvalue weighted by Gasteiger charge is -2.36. The molecule has 0 aromatic rings. The average molecular weight is 975 g/mol. The van der Waals surface area contributed by atoms with E-state index in [1.54, 1.807) is 0 Å². The molecule has 0 spiro atoms. The molecule has 0 radical (unpaired) electrons. The molecular weight excluding hydrogens is 893 g/mol. The third-order valence-corrected chi connectivity index (χ3v) is 13.9. The fourth-order valence-corrected chi connectivity index (χ4v) is 9.00. The fourth-order valence-electron chi connectivity index (χ4n) is 9.00. The van der Waals surface area contributed by atoms with E-state index in [2.05, 4.69) is 21.3 Å². The average Bonchev–Trinajstić information content (AvgIpc) is 3.99. The molecule has 0 saturated carbocycles. The number of rotatable bonds is 7. The largest absolute Gasteiger partial charge is 0.391 e. The molecule has 3 rings (SSSR count). The molecule has 390 valence electrons. The van der Waals surface area contributed by atoms with Crippen LogP contribution in [0, 0.1) is 17.8 Å². The summed E-state index contributed by atoms with van der Waals surface area (Å²) >= 11 is 0. The van der Waals surface area contributed by atoms with Crippen molar-refractivity contribution in [1.29, 1.82) is 0 Å². The molecule has 3 heterocycles. The predicted octanol–water partition coefficient (Wildman–Crippen LogP) is -0.172. The summed E-state index contributed by atoms with van der Waals surface area (Å²) in [5.41, 5.74) is 0. The Hall–Kier alpha value is -5.34. The lowest BCUT2D eigenvalue weighted by atomic mass is 10.0. The molecule has 3 saturated heterocycles. The van der Waals surface area contributed by atoms with E-state index in [1.165, 1.54) is 87.3 Å². The Morgan fingerprint density at radius 2 is 0.710 bits per heavy atom. The highest BCUT2D eigenvalue weighted by atomic mass is 16.3. The third kappa shape index (κ3) is 14.4. The lowest BCUT2D eigenvalue weighted by Crippen LogP contribution is -2.62. The molecule has 21 heteroatoms. The Morgan fingerprint density at radius 1 is 0.435 bits per heavy atom. The first-order valence-corrected chi connectivity index (χ1v) is 24.6. The number of hydrogen-bond donors (Lipinski definition) is 5. The van der Waals surface area contributed by atoms with Crippen LogP contribution in [0.1, 0.15) is 121 Å². The number of aliphatic hydroxyl groups excluding tert-OH is 1. The number of nitrogens with one attached hydrogen (secondary N) is 4. The highest BCUT2D eigenvalue weighted by Crippen LogP contribution is 2.25. The summed E-state index contributed by atoms with van der Waals surface area (Å²) in [6.45, 7) is 18.7. The van der Waals surface area contributed by atoms with Gasteiger partial charge in [-0.2, -0.15) is 0 Å². The SMILES string of the molecule is CC(C)C[C@@H]1NC(=O)[C@H](C)N(C)C(=O)[C@H]2CCCN2C(=O)[C@H](CC(C)C)NC(=O)[C@H](C)N(C)C(=O)[C@H](CC(C)C)NC(=O)[C@H](C)N(C)C(=O)[C@H]2CCCN2C(=O)[C@H]([C@@H](C)O)NC(=O)[C@H](C)N(C)C1=O. The summed E-state index contributed by atoms with van der Waals surface area (Å²) < 4.78 is 0. The van der Waals surface area contributed by atoms with Gasteiger partial charge in [-0.1, -0.05) is 41.5 Å². The van der Waals surface area contributed by atoms with Crippen LogP contribution in [0.3, 0.4) is 0 Å². The van der Waals surface area contributed by atoms with Crippen molar-refractivity contribution in [3.05, 3.63) is 0 Å². The number of carbonyl (C=O) groups excluding carboxylic acids is 10. The number of nitrogens with zero attached hydrogens (tertiary/aromatic N) is 6. The van der Waals surface area contributed by atoms with Crippen molar-refractivity contribution < 1.29 is 53.1 Å². The molecule has 11 atom stereocenters. The number of aliphatic hydroxyl groups is 1. The molecule has 0 aromatic heterocycles. The van der Waals surface area contributed by atoms with Crippen LogP contribution in [0.5, 0.6) is 0 Å². The molecule has 0 aromatic carbocycles. The summed E-state index contributed by atoms with van der Waals surface area (Å²) in [5.74, 6) is -6.59. The van der Waals surface area contributed by atoms with E-state index in [4.69, 9.17) is 0 Å². The van der Waals surface area contributed by atoms with Crippen LogP contribution >= 0.6 is 0 Å². The van der Waals surface area contributed by atoms with Gasteiger partial charge in [-0.3, -0.25) is 47.9 Å². The lowest BCUT2D eigenvalue weighted by molar-refractivity contribution is -0.150. The van der Waals surface area contributed by atoms with Crippen molar-refractivity contribution in [1.82, 2.24) is 50.7 Å². The highest BCUT2D eigenvalue weighted by Gasteiger charge is 2.45. The van der Waals surface area contributed by atoms with E-state index in [1.807, 2.05) is 41.5 Å². The fraction of sp³-hybridized carbons (Fsp3) is 0.792. The maximum atomic E-state index is 14.4. The second kappa shape index (κ2) is 25.0. The number of fused-ring (bicyclic) bond motifs is 2. The maximum absolute atomic E-state index is 14.4. The second-order valence-electron chi connectivity index (χ2n) is 20.7. The van der Waals surface area contributed by atoms with E-state index in [0.717, 1.165) is 4.90 Å². The summed E-state index contributed by atoms with van der Waals surface area (Å²) in [5, 5.41) is 21.8. The first-order valence-electron chi connectivity index (χ1n) is 24.6. The van der Waals surface area contributed by atoms with Gasteiger partial charge in [0.05, 0.1) is 6.10 Å². The Balaban J connectivity index is 2.10. The quantitative estimate of drug-likeness (QED) is 0.224. The number of carbonyl (C=O) groups is 10. The standard InChI is InChI=1S/C48H82N10O11/c1-25(2)22-33-43(64)53(12)28(7)39(60)51-35(24-27(5)6)45(66)57-20-16-18-36(57)46(67)55(14)29(8)40(61)50-34(23-26(3)4)44(65)54(13)31(10)42(63)52-38(32(11)59)48(69)58-21-17-19-37(58)47(68)56(15)30(9)41(62)49-33/h25-38,59H,16-24H2,1-15H3,(H,49,62)(H,50,61)(H,51,60)(H,52,63)/t28-,29-,30-,31-,32+,33-,34-,35-,36+,37+,38-/m0/s1. The molecule has 0 unspecified atom stereocenters. The zero-order chi connectivity index (χ0) is 52.5. The highest BCUT2D eigenvalue weighted by molar-refractivity contribution is 5.99. The first-order chi connectivity index (χ1) is 32.0. The molecular formula is C48H82N10O11. The Bertz CT molecular complexity index is 1910. The molecule has 3 aliphatic heterocycles. The van der Waals surface area contributed by atoms with Gasteiger partial charge in [0.15, 0.2) is 0 Å². The van der Waals surface area contributed by atoms with Gasteiger partial charge < -0.3 is 55.8 Å². The van der Waals surface area contributed by atoms with Crippen LogP contribution in [-0.4, -0.2) is 201 Å².